The molecule has 4 rings (SSSR count). The number of fused-ring (bicyclic) bond motifs is 2. The minimum absolute atomic E-state index is 0.310. The van der Waals surface area contributed by atoms with Crippen LogP contribution in [-0.2, 0) is 30.6 Å². The lowest BCUT2D eigenvalue weighted by Crippen LogP contribution is -2.10. The number of benzene rings is 1. The second-order valence-corrected chi connectivity index (χ2v) is 9.73. The van der Waals surface area contributed by atoms with Crippen molar-refractivity contribution in [1.29, 1.82) is 0 Å². The molecule has 1 unspecified atom stereocenters. The van der Waals surface area contributed by atoms with Crippen molar-refractivity contribution in [2.24, 2.45) is 5.92 Å². The van der Waals surface area contributed by atoms with Gasteiger partial charge in [0, 0.05) is 24.3 Å². The first-order valence-electron chi connectivity index (χ1n) is 11.5. The van der Waals surface area contributed by atoms with Crippen LogP contribution < -0.4 is 0 Å². The Hall–Kier alpha value is -2.21. The predicted octanol–water partition coefficient (Wildman–Crippen LogP) is 5.73. The molecule has 0 bridgehead atoms. The van der Waals surface area contributed by atoms with E-state index in [1.165, 1.54) is 34.4 Å². The molecule has 6 heteroatoms. The van der Waals surface area contributed by atoms with Crippen LogP contribution in [0.2, 0.25) is 0 Å². The van der Waals surface area contributed by atoms with E-state index < -0.39 is 0 Å². The molecule has 0 saturated heterocycles. The molecule has 1 aliphatic carbocycles. The molecular weight excluding hydrogens is 404 g/mol. The second-order valence-electron chi connectivity index (χ2n) is 8.72. The SMILES string of the molecule is CCc1cc2c(cc1Sc1nc3c(C)ncnc3n1CCC(=O)CC(C)CC)CCC2. The minimum atomic E-state index is 0.310. The summed E-state index contributed by atoms with van der Waals surface area (Å²) in [5.41, 5.74) is 6.89. The molecule has 0 amide bonds. The average Bonchev–Trinajstić information content (AvgIpc) is 3.36. The fourth-order valence-corrected chi connectivity index (χ4v) is 5.46. The van der Waals surface area contributed by atoms with E-state index in [9.17, 15) is 4.79 Å². The Labute approximate surface area is 189 Å². The smallest absolute Gasteiger partial charge is 0.175 e. The Morgan fingerprint density at radius 2 is 1.97 bits per heavy atom. The number of aryl methyl sites for hydroxylation is 5. The van der Waals surface area contributed by atoms with Gasteiger partial charge in [0.15, 0.2) is 10.8 Å². The third-order valence-electron chi connectivity index (χ3n) is 6.42. The van der Waals surface area contributed by atoms with E-state index in [4.69, 9.17) is 4.98 Å². The molecule has 0 saturated carbocycles. The molecule has 0 radical (unpaired) electrons. The molecule has 3 aromatic rings. The van der Waals surface area contributed by atoms with Crippen LogP contribution in [0.25, 0.3) is 11.2 Å². The van der Waals surface area contributed by atoms with E-state index in [0.717, 1.165) is 41.3 Å². The van der Waals surface area contributed by atoms with Crippen LogP contribution >= 0.6 is 11.8 Å². The van der Waals surface area contributed by atoms with Crippen molar-refractivity contribution in [3.63, 3.8) is 0 Å². The second kappa shape index (κ2) is 9.51. The van der Waals surface area contributed by atoms with Crippen molar-refractivity contribution in [2.75, 3.05) is 0 Å². The number of nitrogens with zero attached hydrogens (tertiary/aromatic N) is 4. The Morgan fingerprint density at radius 1 is 1.19 bits per heavy atom. The number of imidazole rings is 1. The van der Waals surface area contributed by atoms with Gasteiger partial charge < -0.3 is 4.57 Å². The summed E-state index contributed by atoms with van der Waals surface area (Å²) < 4.78 is 2.12. The summed E-state index contributed by atoms with van der Waals surface area (Å²) in [4.78, 5) is 27.6. The lowest BCUT2D eigenvalue weighted by molar-refractivity contribution is -0.120. The summed E-state index contributed by atoms with van der Waals surface area (Å²) in [5, 5.41) is 0.905. The number of rotatable bonds is 9. The zero-order valence-electron chi connectivity index (χ0n) is 19.1. The van der Waals surface area contributed by atoms with Crippen LogP contribution in [-0.4, -0.2) is 25.3 Å². The molecule has 0 fully saturated rings. The Morgan fingerprint density at radius 3 is 2.71 bits per heavy atom. The van der Waals surface area contributed by atoms with Crippen LogP contribution in [0, 0.1) is 12.8 Å². The zero-order chi connectivity index (χ0) is 22.0. The van der Waals surface area contributed by atoms with Gasteiger partial charge in [0.05, 0.1) is 5.69 Å². The van der Waals surface area contributed by atoms with Gasteiger partial charge in [0.2, 0.25) is 0 Å². The van der Waals surface area contributed by atoms with Crippen LogP contribution in [0.15, 0.2) is 28.5 Å². The van der Waals surface area contributed by atoms with Gasteiger partial charge >= 0.3 is 0 Å². The van der Waals surface area contributed by atoms with Crippen LogP contribution in [0.4, 0.5) is 0 Å². The standard InChI is InChI=1S/C25H32N4OS/c1-5-16(3)12-21(30)10-11-29-24-23(17(4)26-15-27-24)28-25(29)31-22-14-20-9-7-8-19(20)13-18(22)6-2/h13-16H,5-12H2,1-4H3. The van der Waals surface area contributed by atoms with Crippen molar-refractivity contribution in [3.8, 4) is 0 Å². The van der Waals surface area contributed by atoms with Gasteiger partial charge in [0.1, 0.15) is 17.6 Å². The Bertz CT molecular complexity index is 1100. The number of ketones is 1. The van der Waals surface area contributed by atoms with E-state index >= 15 is 0 Å². The van der Waals surface area contributed by atoms with E-state index in [-0.39, 0.29) is 0 Å². The Balaban J connectivity index is 1.67. The Kier molecular flexibility index (Phi) is 6.75. The van der Waals surface area contributed by atoms with Gasteiger partial charge in [0.25, 0.3) is 0 Å². The monoisotopic (exact) mass is 436 g/mol. The fraction of sp³-hybridized carbons (Fsp3) is 0.520. The van der Waals surface area contributed by atoms with E-state index in [2.05, 4.69) is 47.4 Å². The van der Waals surface area contributed by atoms with Gasteiger partial charge in [-0.3, -0.25) is 4.79 Å². The summed E-state index contributed by atoms with van der Waals surface area (Å²) in [5.74, 6) is 0.744. The molecule has 1 aliphatic rings. The largest absolute Gasteiger partial charge is 0.303 e. The lowest BCUT2D eigenvalue weighted by atomic mass is 10.0. The molecular formula is C25H32N4OS. The first kappa shape index (κ1) is 22.0. The highest BCUT2D eigenvalue weighted by molar-refractivity contribution is 7.99. The van der Waals surface area contributed by atoms with Crippen LogP contribution in [0.3, 0.4) is 0 Å². The summed E-state index contributed by atoms with van der Waals surface area (Å²) >= 11 is 1.71. The predicted molar refractivity (Wildman–Crippen MR) is 126 cm³/mol. The van der Waals surface area contributed by atoms with Crippen molar-refractivity contribution in [2.45, 2.75) is 89.2 Å². The lowest BCUT2D eigenvalue weighted by Gasteiger charge is -2.13. The number of carbonyl (C=O) groups is 1. The first-order valence-corrected chi connectivity index (χ1v) is 12.3. The molecule has 164 valence electrons. The maximum atomic E-state index is 12.5. The maximum Gasteiger partial charge on any atom is 0.175 e. The summed E-state index contributed by atoms with van der Waals surface area (Å²) in [6, 6.07) is 4.75. The first-order chi connectivity index (χ1) is 15.0. The van der Waals surface area contributed by atoms with Crippen molar-refractivity contribution in [1.82, 2.24) is 19.5 Å². The van der Waals surface area contributed by atoms with Crippen molar-refractivity contribution < 1.29 is 4.79 Å². The summed E-state index contributed by atoms with van der Waals surface area (Å²) in [6.07, 6.45) is 8.39. The number of carbonyl (C=O) groups excluding carboxylic acids is 1. The van der Waals surface area contributed by atoms with E-state index in [0.29, 0.717) is 31.1 Å². The molecule has 0 N–H and O–H groups in total. The molecule has 5 nitrogen and oxygen atoms in total. The normalized spacial score (nSPS) is 14.2. The molecule has 2 heterocycles. The number of hydrogen-bond acceptors (Lipinski definition) is 5. The van der Waals surface area contributed by atoms with Gasteiger partial charge in [-0.25, -0.2) is 15.0 Å². The molecule has 31 heavy (non-hydrogen) atoms. The molecule has 1 aromatic carbocycles. The van der Waals surface area contributed by atoms with Crippen LogP contribution in [0.5, 0.6) is 0 Å². The maximum absolute atomic E-state index is 12.5. The minimum Gasteiger partial charge on any atom is -0.303 e. The third-order valence-corrected chi connectivity index (χ3v) is 7.52. The third kappa shape index (κ3) is 4.69. The van der Waals surface area contributed by atoms with E-state index in [1.54, 1.807) is 18.1 Å². The highest BCUT2D eigenvalue weighted by Gasteiger charge is 2.20. The van der Waals surface area contributed by atoms with Gasteiger partial charge in [-0.2, -0.15) is 0 Å². The fourth-order valence-electron chi connectivity index (χ4n) is 4.30. The highest BCUT2D eigenvalue weighted by Crippen LogP contribution is 2.36. The van der Waals surface area contributed by atoms with Gasteiger partial charge in [-0.15, -0.1) is 0 Å². The highest BCUT2D eigenvalue weighted by atomic mass is 32.2. The number of Topliss-reactive ketones (excluding diaryl/α,β-unsaturated/α-hetero) is 1. The number of hydrogen-bond donors (Lipinski definition) is 0. The van der Waals surface area contributed by atoms with E-state index in [1.807, 2.05) is 6.92 Å². The topological polar surface area (TPSA) is 60.7 Å². The molecule has 0 aliphatic heterocycles. The van der Waals surface area contributed by atoms with Crippen LogP contribution in [0.1, 0.15) is 68.8 Å². The summed E-state index contributed by atoms with van der Waals surface area (Å²) in [6.45, 7) is 9.07. The molecule has 2 aromatic heterocycles. The van der Waals surface area contributed by atoms with Gasteiger partial charge in [-0.05, 0) is 61.3 Å². The zero-order valence-corrected chi connectivity index (χ0v) is 19.9. The molecule has 0 spiro atoms. The average molecular weight is 437 g/mol. The summed E-state index contributed by atoms with van der Waals surface area (Å²) in [7, 11) is 0. The van der Waals surface area contributed by atoms with Gasteiger partial charge in [-0.1, -0.05) is 45.0 Å². The quantitative estimate of drug-likeness (QED) is 0.428. The molecule has 1 atom stereocenters. The van der Waals surface area contributed by atoms with Crippen molar-refractivity contribution >= 4 is 28.7 Å². The number of aromatic nitrogens is 4. The van der Waals surface area contributed by atoms with Crippen molar-refractivity contribution in [3.05, 3.63) is 40.8 Å².